The number of primary amides is 1. The van der Waals surface area contributed by atoms with Gasteiger partial charge in [-0.2, -0.15) is 0 Å². The van der Waals surface area contributed by atoms with Gasteiger partial charge >= 0.3 is 0 Å². The number of carbonyl (C=O) groups is 2. The summed E-state index contributed by atoms with van der Waals surface area (Å²) in [6.45, 7) is 4.72. The van der Waals surface area contributed by atoms with Gasteiger partial charge in [0.15, 0.2) is 0 Å². The minimum atomic E-state index is -0.468. The molecule has 0 aromatic heterocycles. The number of ether oxygens (including phenoxy) is 1. The maximum Gasteiger partial charge on any atom is 0.248 e. The van der Waals surface area contributed by atoms with Crippen molar-refractivity contribution in [1.29, 1.82) is 0 Å². The highest BCUT2D eigenvalue weighted by atomic mass is 16.5. The molecule has 6 heteroatoms. The molecular formula is C15H21N3O3. The second kappa shape index (κ2) is 7.08. The van der Waals surface area contributed by atoms with Gasteiger partial charge in [-0.1, -0.05) is 0 Å². The van der Waals surface area contributed by atoms with E-state index < -0.39 is 5.91 Å². The lowest BCUT2D eigenvalue weighted by Gasteiger charge is -2.31. The zero-order chi connectivity index (χ0) is 15.2. The van der Waals surface area contributed by atoms with E-state index in [1.165, 1.54) is 0 Å². The number of nitrogens with zero attached hydrogens (tertiary/aromatic N) is 1. The largest absolute Gasteiger partial charge is 0.493 e. The van der Waals surface area contributed by atoms with Gasteiger partial charge in [0.25, 0.3) is 0 Å². The van der Waals surface area contributed by atoms with Crippen LogP contribution in [0, 0.1) is 0 Å². The fourth-order valence-corrected chi connectivity index (χ4v) is 2.29. The minimum Gasteiger partial charge on any atom is -0.493 e. The van der Waals surface area contributed by atoms with Crippen LogP contribution in [0.25, 0.3) is 0 Å². The Kier molecular flexibility index (Phi) is 5.16. The number of hydrogen-bond acceptors (Lipinski definition) is 4. The van der Waals surface area contributed by atoms with Gasteiger partial charge < -0.3 is 20.7 Å². The van der Waals surface area contributed by atoms with Crippen LogP contribution in [0.5, 0.6) is 5.75 Å². The third-order valence-electron chi connectivity index (χ3n) is 3.44. The van der Waals surface area contributed by atoms with Gasteiger partial charge in [0.2, 0.25) is 11.8 Å². The number of nitrogens with one attached hydrogen (secondary N) is 1. The number of nitrogens with two attached hydrogens (primary N) is 1. The molecule has 1 unspecified atom stereocenters. The molecule has 1 aromatic carbocycles. The van der Waals surface area contributed by atoms with Crippen LogP contribution < -0.4 is 15.8 Å². The molecule has 1 atom stereocenters. The van der Waals surface area contributed by atoms with E-state index in [1.54, 1.807) is 24.3 Å². The summed E-state index contributed by atoms with van der Waals surface area (Å²) in [5.74, 6) is 0.267. The second-order valence-electron chi connectivity index (χ2n) is 5.18. The number of rotatable bonds is 5. The smallest absolute Gasteiger partial charge is 0.248 e. The zero-order valence-electron chi connectivity index (χ0n) is 12.2. The van der Waals surface area contributed by atoms with E-state index in [0.29, 0.717) is 30.4 Å². The van der Waals surface area contributed by atoms with Gasteiger partial charge in [0.05, 0.1) is 13.0 Å². The molecular weight excluding hydrogens is 270 g/mol. The minimum absolute atomic E-state index is 0.108. The number of hydrogen-bond donors (Lipinski definition) is 2. The summed E-state index contributed by atoms with van der Waals surface area (Å²) in [4.78, 5) is 24.8. The van der Waals surface area contributed by atoms with Crippen LogP contribution in [0.2, 0.25) is 0 Å². The summed E-state index contributed by atoms with van der Waals surface area (Å²) in [6.07, 6.45) is 0.351. The summed E-state index contributed by atoms with van der Waals surface area (Å²) >= 11 is 0. The molecule has 0 saturated carbocycles. The number of amides is 2. The summed E-state index contributed by atoms with van der Waals surface area (Å²) < 4.78 is 5.51. The summed E-state index contributed by atoms with van der Waals surface area (Å²) in [7, 11) is 0. The van der Waals surface area contributed by atoms with Crippen molar-refractivity contribution >= 4 is 11.8 Å². The molecule has 0 aliphatic carbocycles. The number of benzene rings is 1. The van der Waals surface area contributed by atoms with E-state index in [1.807, 2.05) is 4.90 Å². The maximum atomic E-state index is 12.0. The van der Waals surface area contributed by atoms with E-state index in [2.05, 4.69) is 12.2 Å². The Balaban J connectivity index is 1.75. The Labute approximate surface area is 124 Å². The molecule has 0 radical (unpaired) electrons. The van der Waals surface area contributed by atoms with Gasteiger partial charge in [-0.15, -0.1) is 0 Å². The normalized spacial score (nSPS) is 18.3. The molecule has 0 spiro atoms. The standard InChI is InChI=1S/C15H21N3O3/c1-11-10-18(8-7-17-11)14(19)6-9-21-13-4-2-12(3-5-13)15(16)20/h2-5,11,17H,6-10H2,1H3,(H2,16,20). The van der Waals surface area contributed by atoms with Crippen LogP contribution in [0.3, 0.4) is 0 Å². The second-order valence-corrected chi connectivity index (χ2v) is 5.18. The monoisotopic (exact) mass is 291 g/mol. The van der Waals surface area contributed by atoms with Crippen molar-refractivity contribution < 1.29 is 14.3 Å². The van der Waals surface area contributed by atoms with Crippen LogP contribution in [-0.4, -0.2) is 49.0 Å². The van der Waals surface area contributed by atoms with Crippen LogP contribution in [0.4, 0.5) is 0 Å². The van der Waals surface area contributed by atoms with Crippen LogP contribution in [-0.2, 0) is 4.79 Å². The van der Waals surface area contributed by atoms with Crippen molar-refractivity contribution in [3.8, 4) is 5.75 Å². The molecule has 1 aromatic rings. The maximum absolute atomic E-state index is 12.0. The average Bonchev–Trinajstić information content (AvgIpc) is 2.47. The van der Waals surface area contributed by atoms with E-state index >= 15 is 0 Å². The van der Waals surface area contributed by atoms with E-state index in [0.717, 1.165) is 19.6 Å². The van der Waals surface area contributed by atoms with Gasteiger partial charge in [0.1, 0.15) is 5.75 Å². The first kappa shape index (κ1) is 15.3. The van der Waals surface area contributed by atoms with Crippen LogP contribution in [0.15, 0.2) is 24.3 Å². The summed E-state index contributed by atoms with van der Waals surface area (Å²) in [5, 5.41) is 3.30. The predicted molar refractivity (Wildman–Crippen MR) is 79.1 cm³/mol. The molecule has 0 bridgehead atoms. The molecule has 21 heavy (non-hydrogen) atoms. The van der Waals surface area contributed by atoms with Gasteiger partial charge in [-0.25, -0.2) is 0 Å². The Hall–Kier alpha value is -2.08. The molecule has 1 aliphatic rings. The summed E-state index contributed by atoms with van der Waals surface area (Å²) in [5.41, 5.74) is 5.60. The average molecular weight is 291 g/mol. The van der Waals surface area contributed by atoms with Crippen molar-refractivity contribution in [2.75, 3.05) is 26.2 Å². The van der Waals surface area contributed by atoms with Crippen molar-refractivity contribution in [3.05, 3.63) is 29.8 Å². The van der Waals surface area contributed by atoms with Crippen molar-refractivity contribution in [2.45, 2.75) is 19.4 Å². The van der Waals surface area contributed by atoms with Crippen molar-refractivity contribution in [2.24, 2.45) is 5.73 Å². The van der Waals surface area contributed by atoms with Crippen molar-refractivity contribution in [1.82, 2.24) is 10.2 Å². The first-order chi connectivity index (χ1) is 10.1. The quantitative estimate of drug-likeness (QED) is 0.821. The van der Waals surface area contributed by atoms with Crippen LogP contribution >= 0.6 is 0 Å². The molecule has 3 N–H and O–H groups in total. The Bertz CT molecular complexity index is 501. The topological polar surface area (TPSA) is 84.7 Å². The zero-order valence-corrected chi connectivity index (χ0v) is 12.2. The Morgan fingerprint density at radius 1 is 1.38 bits per heavy atom. The lowest BCUT2D eigenvalue weighted by atomic mass is 10.2. The predicted octanol–water partition coefficient (Wildman–Crippen LogP) is 0.375. The highest BCUT2D eigenvalue weighted by Crippen LogP contribution is 2.12. The van der Waals surface area contributed by atoms with Gasteiger partial charge in [-0.05, 0) is 31.2 Å². The van der Waals surface area contributed by atoms with E-state index in [-0.39, 0.29) is 5.91 Å². The molecule has 1 heterocycles. The Morgan fingerprint density at radius 2 is 2.10 bits per heavy atom. The first-order valence-corrected chi connectivity index (χ1v) is 7.10. The Morgan fingerprint density at radius 3 is 2.71 bits per heavy atom. The highest BCUT2D eigenvalue weighted by molar-refractivity contribution is 5.92. The lowest BCUT2D eigenvalue weighted by Crippen LogP contribution is -2.51. The number of carbonyl (C=O) groups excluding carboxylic acids is 2. The fourth-order valence-electron chi connectivity index (χ4n) is 2.29. The van der Waals surface area contributed by atoms with Crippen LogP contribution in [0.1, 0.15) is 23.7 Å². The third kappa shape index (κ3) is 4.46. The molecule has 6 nitrogen and oxygen atoms in total. The molecule has 2 amide bonds. The van der Waals surface area contributed by atoms with Gasteiger partial charge in [0, 0.05) is 31.2 Å². The first-order valence-electron chi connectivity index (χ1n) is 7.10. The SMILES string of the molecule is CC1CN(C(=O)CCOc2ccc(C(N)=O)cc2)CCN1. The highest BCUT2D eigenvalue weighted by Gasteiger charge is 2.19. The van der Waals surface area contributed by atoms with E-state index in [4.69, 9.17) is 10.5 Å². The molecule has 1 fully saturated rings. The number of piperazine rings is 1. The van der Waals surface area contributed by atoms with E-state index in [9.17, 15) is 9.59 Å². The lowest BCUT2D eigenvalue weighted by molar-refractivity contribution is -0.132. The van der Waals surface area contributed by atoms with Crippen molar-refractivity contribution in [3.63, 3.8) is 0 Å². The molecule has 114 valence electrons. The fraction of sp³-hybridized carbons (Fsp3) is 0.467. The molecule has 2 rings (SSSR count). The van der Waals surface area contributed by atoms with Gasteiger partial charge in [-0.3, -0.25) is 9.59 Å². The third-order valence-corrected chi connectivity index (χ3v) is 3.44. The molecule has 1 saturated heterocycles. The summed E-state index contributed by atoms with van der Waals surface area (Å²) in [6, 6.07) is 6.91. The molecule has 1 aliphatic heterocycles.